The lowest BCUT2D eigenvalue weighted by atomic mass is 9.63. The summed E-state index contributed by atoms with van der Waals surface area (Å²) in [6, 6.07) is 8.32. The average Bonchev–Trinajstić information content (AvgIpc) is 3.58. The van der Waals surface area contributed by atoms with Crippen LogP contribution in [0.1, 0.15) is 22.3 Å². The van der Waals surface area contributed by atoms with E-state index in [0.717, 1.165) is 12.0 Å². The maximum absolute atomic E-state index is 13.2. The van der Waals surface area contributed by atoms with Crippen LogP contribution in [0, 0.1) is 42.4 Å². The van der Waals surface area contributed by atoms with E-state index in [-0.39, 0.29) is 47.9 Å². The number of carbonyl (C=O) groups excluding carboxylic acids is 3. The van der Waals surface area contributed by atoms with Gasteiger partial charge in [0.05, 0.1) is 18.0 Å². The predicted octanol–water partition coefficient (Wildman–Crippen LogP) is 3.86. The number of imide groups is 1. The second-order valence-corrected chi connectivity index (χ2v) is 9.60. The first-order valence-electron chi connectivity index (χ1n) is 10.9. The van der Waals surface area contributed by atoms with E-state index in [2.05, 4.69) is 17.1 Å². The van der Waals surface area contributed by atoms with Gasteiger partial charge in [-0.05, 0) is 72.9 Å². The number of ketones is 1. The van der Waals surface area contributed by atoms with Gasteiger partial charge in [0, 0.05) is 10.6 Å². The number of hydrogen-bond acceptors (Lipinski definition) is 5. The smallest absolute Gasteiger partial charge is 0.239 e. The summed E-state index contributed by atoms with van der Waals surface area (Å²) >= 11 is 6.01. The minimum absolute atomic E-state index is 0.140. The average molecular weight is 449 g/mol. The molecule has 7 heteroatoms. The molecule has 32 heavy (non-hydrogen) atoms. The monoisotopic (exact) mass is 448 g/mol. The predicted molar refractivity (Wildman–Crippen MR) is 117 cm³/mol. The molecule has 1 aromatic carbocycles. The van der Waals surface area contributed by atoms with Gasteiger partial charge in [0.2, 0.25) is 11.8 Å². The number of amides is 2. The molecule has 162 valence electrons. The Hall–Kier alpha value is -2.99. The lowest BCUT2D eigenvalue weighted by Gasteiger charge is -2.37. The van der Waals surface area contributed by atoms with Gasteiger partial charge >= 0.3 is 0 Å². The van der Waals surface area contributed by atoms with Crippen molar-refractivity contribution in [2.75, 3.05) is 11.5 Å². The van der Waals surface area contributed by atoms with Gasteiger partial charge in [-0.2, -0.15) is 0 Å². The van der Waals surface area contributed by atoms with Crippen LogP contribution in [0.3, 0.4) is 0 Å². The highest BCUT2D eigenvalue weighted by molar-refractivity contribution is 6.31. The van der Waals surface area contributed by atoms with Gasteiger partial charge in [-0.15, -0.1) is 0 Å². The molecule has 2 unspecified atom stereocenters. The molecule has 1 saturated heterocycles. The number of Topliss-reactive ketones (excluding diaryl/α,β-unsaturated/α-hetero) is 1. The first kappa shape index (κ1) is 19.7. The molecule has 5 aliphatic rings. The number of hydrogen-bond donors (Lipinski definition) is 0. The highest BCUT2D eigenvalue weighted by atomic mass is 35.5. The molecule has 0 spiro atoms. The zero-order valence-electron chi connectivity index (χ0n) is 17.4. The second-order valence-electron chi connectivity index (χ2n) is 9.19. The number of rotatable bonds is 5. The van der Waals surface area contributed by atoms with Gasteiger partial charge in [0.1, 0.15) is 11.6 Å². The third-order valence-corrected chi connectivity index (χ3v) is 7.89. The maximum Gasteiger partial charge on any atom is 0.239 e. The fourth-order valence-corrected chi connectivity index (χ4v) is 5.94. The summed E-state index contributed by atoms with van der Waals surface area (Å²) in [7, 11) is 0. The van der Waals surface area contributed by atoms with Crippen molar-refractivity contribution >= 4 is 35.0 Å². The molecule has 2 aromatic rings. The van der Waals surface area contributed by atoms with Gasteiger partial charge in [-0.3, -0.25) is 14.4 Å². The van der Waals surface area contributed by atoms with Crippen LogP contribution in [0.2, 0.25) is 5.02 Å². The SMILES string of the molecule is Cc1cc(C(=O)COc2ccc(N3C(=O)[C@@H]4[C@H](C3=O)[C@@H]3C=C[C@H]4C4CC43)nc2)ccc1Cl. The molecule has 1 aliphatic heterocycles. The number of nitrogens with zero attached hydrogens (tertiary/aromatic N) is 2. The zero-order chi connectivity index (χ0) is 22.1. The summed E-state index contributed by atoms with van der Waals surface area (Å²) in [4.78, 5) is 44.3. The number of anilines is 1. The summed E-state index contributed by atoms with van der Waals surface area (Å²) in [5.74, 6) is 1.24. The molecule has 6 atom stereocenters. The summed E-state index contributed by atoms with van der Waals surface area (Å²) in [6.07, 6.45) is 6.88. The second kappa shape index (κ2) is 7.01. The Labute approximate surface area is 190 Å². The Morgan fingerprint density at radius 2 is 1.78 bits per heavy atom. The van der Waals surface area contributed by atoms with Gasteiger partial charge in [-0.25, -0.2) is 9.88 Å². The zero-order valence-corrected chi connectivity index (χ0v) is 18.2. The van der Waals surface area contributed by atoms with Gasteiger partial charge in [-0.1, -0.05) is 23.8 Å². The molecule has 2 amide bonds. The summed E-state index contributed by atoms with van der Waals surface area (Å²) < 4.78 is 5.58. The molecule has 1 aromatic heterocycles. The van der Waals surface area contributed by atoms with E-state index in [1.807, 2.05) is 6.92 Å². The molecular weight excluding hydrogens is 428 g/mol. The standard InChI is InChI=1S/C25H21ClN2O4/c1-12-8-13(2-6-19(12)26)20(29)11-32-14-3-7-21(27-10-14)28-24(30)22-15-4-5-16(18-9-17(15)18)23(22)25(28)31/h2-8,10,15-18,22-23H,9,11H2,1H3/t15-,16+,17?,18?,22-,23+. The Balaban J connectivity index is 1.15. The molecule has 2 heterocycles. The molecular formula is C25H21ClN2O4. The normalized spacial score (nSPS) is 31.5. The first-order valence-corrected chi connectivity index (χ1v) is 11.3. The molecule has 6 nitrogen and oxygen atoms in total. The quantitative estimate of drug-likeness (QED) is 0.394. The van der Waals surface area contributed by atoms with E-state index in [1.54, 1.807) is 30.3 Å². The van der Waals surface area contributed by atoms with E-state index in [1.165, 1.54) is 11.1 Å². The Morgan fingerprint density at radius 3 is 2.38 bits per heavy atom. The number of carbonyl (C=O) groups is 3. The van der Waals surface area contributed by atoms with Crippen LogP contribution in [0.25, 0.3) is 0 Å². The topological polar surface area (TPSA) is 76.6 Å². The largest absolute Gasteiger partial charge is 0.484 e. The van der Waals surface area contributed by atoms with Gasteiger partial charge < -0.3 is 4.74 Å². The molecule has 0 radical (unpaired) electrons. The van der Waals surface area contributed by atoms with E-state index >= 15 is 0 Å². The minimum atomic E-state index is -0.251. The number of aromatic nitrogens is 1. The molecule has 3 fully saturated rings. The van der Waals surface area contributed by atoms with Crippen molar-refractivity contribution in [1.29, 1.82) is 0 Å². The number of benzene rings is 1. The van der Waals surface area contributed by atoms with Crippen molar-refractivity contribution < 1.29 is 19.1 Å². The Bertz CT molecular complexity index is 1150. The van der Waals surface area contributed by atoms with Crippen molar-refractivity contribution in [1.82, 2.24) is 4.98 Å². The van der Waals surface area contributed by atoms with Crippen LogP contribution in [-0.2, 0) is 9.59 Å². The fraction of sp³-hybridized carbons (Fsp3) is 0.360. The third kappa shape index (κ3) is 2.85. The van der Waals surface area contributed by atoms with Crippen LogP contribution in [0.4, 0.5) is 5.82 Å². The fourth-order valence-electron chi connectivity index (χ4n) is 5.82. The summed E-state index contributed by atoms with van der Waals surface area (Å²) in [5.41, 5.74) is 1.35. The third-order valence-electron chi connectivity index (χ3n) is 7.46. The summed E-state index contributed by atoms with van der Waals surface area (Å²) in [5, 5.41) is 0.605. The van der Waals surface area contributed by atoms with Crippen LogP contribution < -0.4 is 9.64 Å². The van der Waals surface area contributed by atoms with Crippen LogP contribution in [0.5, 0.6) is 5.75 Å². The van der Waals surface area contributed by atoms with E-state index in [9.17, 15) is 14.4 Å². The highest BCUT2D eigenvalue weighted by Gasteiger charge is 2.67. The van der Waals surface area contributed by atoms with Crippen molar-refractivity contribution in [2.24, 2.45) is 35.5 Å². The van der Waals surface area contributed by atoms with Crippen LogP contribution in [0.15, 0.2) is 48.7 Å². The van der Waals surface area contributed by atoms with Crippen molar-refractivity contribution in [3.05, 3.63) is 64.8 Å². The van der Waals surface area contributed by atoms with E-state index in [4.69, 9.17) is 16.3 Å². The molecule has 2 saturated carbocycles. The number of allylic oxidation sites excluding steroid dienone is 2. The molecule has 2 bridgehead atoms. The van der Waals surface area contributed by atoms with Gasteiger partial charge in [0.25, 0.3) is 0 Å². The lowest BCUT2D eigenvalue weighted by molar-refractivity contribution is -0.124. The first-order chi connectivity index (χ1) is 15.4. The van der Waals surface area contributed by atoms with E-state index < -0.39 is 0 Å². The van der Waals surface area contributed by atoms with Gasteiger partial charge in [0.15, 0.2) is 12.4 Å². The van der Waals surface area contributed by atoms with Crippen molar-refractivity contribution in [2.45, 2.75) is 13.3 Å². The van der Waals surface area contributed by atoms with Crippen molar-refractivity contribution in [3.63, 3.8) is 0 Å². The van der Waals surface area contributed by atoms with E-state index in [0.29, 0.717) is 34.0 Å². The van der Waals surface area contributed by atoms with Crippen LogP contribution in [-0.4, -0.2) is 29.2 Å². The molecule has 0 N–H and O–H groups in total. The number of aryl methyl sites for hydroxylation is 1. The number of pyridine rings is 1. The molecule has 4 aliphatic carbocycles. The maximum atomic E-state index is 13.2. The Kier molecular flexibility index (Phi) is 4.31. The van der Waals surface area contributed by atoms with Crippen molar-refractivity contribution in [3.8, 4) is 5.75 Å². The highest BCUT2D eigenvalue weighted by Crippen LogP contribution is 2.65. The summed E-state index contributed by atoms with van der Waals surface area (Å²) in [6.45, 7) is 1.69. The Morgan fingerprint density at radius 1 is 1.09 bits per heavy atom. The van der Waals surface area contributed by atoms with Crippen LogP contribution >= 0.6 is 11.6 Å². The lowest BCUT2D eigenvalue weighted by Crippen LogP contribution is -2.40. The number of ether oxygens (including phenoxy) is 1. The number of halogens is 1. The molecule has 7 rings (SSSR count). The minimum Gasteiger partial charge on any atom is -0.484 e.